The first-order valence-electron chi connectivity index (χ1n) is 10.5. The van der Waals surface area contributed by atoms with Crippen LogP contribution < -0.4 is 10.6 Å². The summed E-state index contributed by atoms with van der Waals surface area (Å²) < 4.78 is 7.56. The number of benzene rings is 1. The first kappa shape index (κ1) is 20.9. The lowest BCUT2D eigenvalue weighted by Crippen LogP contribution is -2.38. The van der Waals surface area contributed by atoms with Gasteiger partial charge in [0.25, 0.3) is 5.91 Å². The molecule has 3 N–H and O–H groups in total. The number of carbonyl (C=O) groups is 1. The van der Waals surface area contributed by atoms with Gasteiger partial charge in [-0.3, -0.25) is 9.36 Å². The summed E-state index contributed by atoms with van der Waals surface area (Å²) in [6, 6.07) is 9.94. The van der Waals surface area contributed by atoms with Crippen molar-refractivity contribution in [3.63, 3.8) is 0 Å². The number of fused-ring (bicyclic) bond motifs is 1. The van der Waals surface area contributed by atoms with Crippen molar-refractivity contribution in [3.8, 4) is 11.4 Å². The van der Waals surface area contributed by atoms with Crippen LogP contribution in [0.4, 0.5) is 5.82 Å². The van der Waals surface area contributed by atoms with E-state index in [0.717, 1.165) is 5.56 Å². The molecule has 4 heterocycles. The van der Waals surface area contributed by atoms with Gasteiger partial charge in [-0.1, -0.05) is 30.3 Å². The Kier molecular flexibility index (Phi) is 5.63. The molecule has 3 aromatic heterocycles. The van der Waals surface area contributed by atoms with E-state index in [1.807, 2.05) is 30.3 Å². The first-order valence-corrected chi connectivity index (χ1v) is 10.5. The average Bonchev–Trinajstić information content (AvgIpc) is 3.46. The minimum Gasteiger partial charge on any atom is -0.390 e. The summed E-state index contributed by atoms with van der Waals surface area (Å²) in [4.78, 5) is 34.0. The van der Waals surface area contributed by atoms with Crippen LogP contribution in [-0.4, -0.2) is 59.8 Å². The Balaban J connectivity index is 1.54. The molecular formula is C22H22N8O3. The number of aliphatic hydroxyl groups is 1. The van der Waals surface area contributed by atoms with Gasteiger partial charge in [-0.25, -0.2) is 24.9 Å². The SMILES string of the molecule is CNC(=O)[C@H]1O[C@@H](n2cnc3c(NCc4ccccc4)nc(-c4cncnc4)nc32)C[C@@H]1O. The minimum atomic E-state index is -0.961. The number of imidazole rings is 1. The number of aliphatic hydroxyl groups excluding tert-OH is 1. The standard InChI is InChI=1S/C22H22N8O3/c1-23-22(32)18-15(31)7-16(33-18)30-12-27-17-20(26-8-13-5-3-2-4-6-13)28-19(29-21(17)30)14-9-24-11-25-10-14/h2-6,9-12,15-16,18,31H,7-8H2,1H3,(H,23,32)(H,26,28,29)/t15-,16+,18-/m0/s1. The Morgan fingerprint density at radius 1 is 1.21 bits per heavy atom. The Morgan fingerprint density at radius 2 is 2.00 bits per heavy atom. The molecule has 3 atom stereocenters. The topological polar surface area (TPSA) is 140 Å². The average molecular weight is 446 g/mol. The monoisotopic (exact) mass is 446 g/mol. The molecule has 11 heteroatoms. The zero-order valence-electron chi connectivity index (χ0n) is 17.8. The fourth-order valence-corrected chi connectivity index (χ4v) is 3.78. The fourth-order valence-electron chi connectivity index (χ4n) is 3.78. The van der Waals surface area contributed by atoms with Gasteiger partial charge >= 0.3 is 0 Å². The maximum absolute atomic E-state index is 12.0. The van der Waals surface area contributed by atoms with Gasteiger partial charge in [0.1, 0.15) is 12.6 Å². The second-order valence-electron chi connectivity index (χ2n) is 7.61. The van der Waals surface area contributed by atoms with Crippen molar-refractivity contribution >= 4 is 22.9 Å². The van der Waals surface area contributed by atoms with Crippen LogP contribution in [0, 0.1) is 0 Å². The molecular weight excluding hydrogens is 424 g/mol. The lowest BCUT2D eigenvalue weighted by molar-refractivity contribution is -0.137. The van der Waals surface area contributed by atoms with Crippen LogP contribution in [0.25, 0.3) is 22.6 Å². The molecule has 0 saturated carbocycles. The Hall–Kier alpha value is -3.96. The number of nitrogens with one attached hydrogen (secondary N) is 2. The van der Waals surface area contributed by atoms with E-state index in [9.17, 15) is 9.90 Å². The highest BCUT2D eigenvalue weighted by Gasteiger charge is 2.40. The Bertz CT molecular complexity index is 1260. The molecule has 11 nitrogen and oxygen atoms in total. The lowest BCUT2D eigenvalue weighted by Gasteiger charge is -2.15. The van der Waals surface area contributed by atoms with Gasteiger partial charge in [0.05, 0.1) is 18.0 Å². The molecule has 5 rings (SSSR count). The second-order valence-corrected chi connectivity index (χ2v) is 7.61. The van der Waals surface area contributed by atoms with Gasteiger partial charge in [-0.15, -0.1) is 0 Å². The molecule has 0 unspecified atom stereocenters. The van der Waals surface area contributed by atoms with Gasteiger partial charge in [0, 0.05) is 32.4 Å². The van der Waals surface area contributed by atoms with E-state index in [4.69, 9.17) is 4.74 Å². The fraction of sp³-hybridized carbons (Fsp3) is 0.273. The lowest BCUT2D eigenvalue weighted by atomic mass is 10.1. The van der Waals surface area contributed by atoms with Crippen LogP contribution in [0.15, 0.2) is 55.4 Å². The van der Waals surface area contributed by atoms with Crippen molar-refractivity contribution in [1.82, 2.24) is 34.8 Å². The van der Waals surface area contributed by atoms with Crippen molar-refractivity contribution in [2.45, 2.75) is 31.4 Å². The van der Waals surface area contributed by atoms with E-state index < -0.39 is 18.4 Å². The number of hydrogen-bond acceptors (Lipinski definition) is 9. The van der Waals surface area contributed by atoms with Crippen molar-refractivity contribution in [2.24, 2.45) is 0 Å². The number of aromatic nitrogens is 6. The van der Waals surface area contributed by atoms with Crippen LogP contribution in [0.2, 0.25) is 0 Å². The van der Waals surface area contributed by atoms with E-state index in [2.05, 4.69) is 35.6 Å². The quantitative estimate of drug-likeness (QED) is 0.400. The number of hydrogen-bond donors (Lipinski definition) is 3. The number of ether oxygens (including phenoxy) is 1. The van der Waals surface area contributed by atoms with E-state index in [0.29, 0.717) is 34.9 Å². The van der Waals surface area contributed by atoms with Crippen molar-refractivity contribution in [2.75, 3.05) is 12.4 Å². The highest BCUT2D eigenvalue weighted by atomic mass is 16.5. The number of nitrogens with zero attached hydrogens (tertiary/aromatic N) is 6. The number of likely N-dealkylation sites (N-methyl/N-ethyl adjacent to an activating group) is 1. The Labute approximate surface area is 188 Å². The number of anilines is 1. The molecule has 0 aliphatic carbocycles. The summed E-state index contributed by atoms with van der Waals surface area (Å²) in [5, 5.41) is 16.2. The number of rotatable bonds is 6. The molecule has 1 aliphatic heterocycles. The van der Waals surface area contributed by atoms with E-state index >= 15 is 0 Å². The zero-order chi connectivity index (χ0) is 22.8. The normalized spacial score (nSPS) is 20.1. The van der Waals surface area contributed by atoms with Crippen molar-refractivity contribution < 1.29 is 14.6 Å². The molecule has 0 spiro atoms. The van der Waals surface area contributed by atoms with Crippen LogP contribution >= 0.6 is 0 Å². The molecule has 33 heavy (non-hydrogen) atoms. The van der Waals surface area contributed by atoms with Crippen molar-refractivity contribution in [3.05, 3.63) is 60.9 Å². The van der Waals surface area contributed by atoms with Crippen molar-refractivity contribution in [1.29, 1.82) is 0 Å². The third-order valence-electron chi connectivity index (χ3n) is 5.45. The molecule has 1 aliphatic rings. The minimum absolute atomic E-state index is 0.226. The number of amides is 1. The predicted molar refractivity (Wildman–Crippen MR) is 119 cm³/mol. The van der Waals surface area contributed by atoms with Crippen LogP contribution in [0.3, 0.4) is 0 Å². The van der Waals surface area contributed by atoms with Crippen LogP contribution in [-0.2, 0) is 16.1 Å². The molecule has 0 radical (unpaired) electrons. The predicted octanol–water partition coefficient (Wildman–Crippen LogP) is 1.29. The largest absolute Gasteiger partial charge is 0.390 e. The third kappa shape index (κ3) is 4.11. The van der Waals surface area contributed by atoms with Gasteiger partial charge in [0.15, 0.2) is 28.9 Å². The molecule has 0 bridgehead atoms. The highest BCUT2D eigenvalue weighted by Crippen LogP contribution is 2.33. The van der Waals surface area contributed by atoms with Crippen LogP contribution in [0.1, 0.15) is 18.2 Å². The van der Waals surface area contributed by atoms with Gasteiger partial charge in [-0.05, 0) is 5.56 Å². The zero-order valence-corrected chi connectivity index (χ0v) is 17.8. The van der Waals surface area contributed by atoms with Crippen LogP contribution in [0.5, 0.6) is 0 Å². The molecule has 4 aromatic rings. The maximum Gasteiger partial charge on any atom is 0.251 e. The van der Waals surface area contributed by atoms with Gasteiger partial charge in [0.2, 0.25) is 0 Å². The molecule has 1 aromatic carbocycles. The van der Waals surface area contributed by atoms with E-state index in [1.165, 1.54) is 13.4 Å². The summed E-state index contributed by atoms with van der Waals surface area (Å²) >= 11 is 0. The Morgan fingerprint density at radius 3 is 2.76 bits per heavy atom. The summed E-state index contributed by atoms with van der Waals surface area (Å²) in [7, 11) is 1.50. The van der Waals surface area contributed by atoms with E-state index in [-0.39, 0.29) is 12.3 Å². The first-order chi connectivity index (χ1) is 16.1. The van der Waals surface area contributed by atoms with E-state index in [1.54, 1.807) is 23.3 Å². The summed E-state index contributed by atoms with van der Waals surface area (Å²) in [6.45, 7) is 0.544. The molecule has 1 saturated heterocycles. The molecule has 1 fully saturated rings. The summed E-state index contributed by atoms with van der Waals surface area (Å²) in [5.74, 6) is 0.584. The summed E-state index contributed by atoms with van der Waals surface area (Å²) in [6.07, 6.45) is 4.01. The smallest absolute Gasteiger partial charge is 0.251 e. The maximum atomic E-state index is 12.0. The van der Waals surface area contributed by atoms with Gasteiger partial charge in [-0.2, -0.15) is 0 Å². The molecule has 168 valence electrons. The number of carbonyl (C=O) groups excluding carboxylic acids is 1. The highest BCUT2D eigenvalue weighted by molar-refractivity contribution is 5.85. The molecule has 1 amide bonds. The third-order valence-corrected chi connectivity index (χ3v) is 5.45. The summed E-state index contributed by atoms with van der Waals surface area (Å²) in [5.41, 5.74) is 2.79. The van der Waals surface area contributed by atoms with Gasteiger partial charge < -0.3 is 20.5 Å². The second kappa shape index (κ2) is 8.88.